The van der Waals surface area contributed by atoms with Crippen LogP contribution in [0.4, 0.5) is 0 Å². The van der Waals surface area contributed by atoms with Crippen molar-refractivity contribution in [1.82, 2.24) is 0 Å². The molecule has 2 atom stereocenters. The Hall–Kier alpha value is -0.440. The molecule has 0 nitrogen and oxygen atoms in total. The summed E-state index contributed by atoms with van der Waals surface area (Å²) in [5.74, 6) is 4.61. The van der Waals surface area contributed by atoms with Crippen molar-refractivity contribution in [3.8, 4) is 12.3 Å². The maximum atomic E-state index is 5.10. The van der Waals surface area contributed by atoms with Gasteiger partial charge in [-0.2, -0.15) is 0 Å². The van der Waals surface area contributed by atoms with Crippen molar-refractivity contribution in [2.75, 3.05) is 0 Å². The van der Waals surface area contributed by atoms with Crippen LogP contribution in [0.25, 0.3) is 0 Å². The highest BCUT2D eigenvalue weighted by Gasteiger charge is 2.30. The second-order valence-corrected chi connectivity index (χ2v) is 2.72. The summed E-state index contributed by atoms with van der Waals surface area (Å²) in [5, 5.41) is 0. The van der Waals surface area contributed by atoms with Crippen LogP contribution in [0, 0.1) is 24.2 Å². The highest BCUT2D eigenvalue weighted by Crippen LogP contribution is 2.40. The van der Waals surface area contributed by atoms with Crippen molar-refractivity contribution >= 4 is 0 Å². The van der Waals surface area contributed by atoms with Crippen LogP contribution in [0.2, 0.25) is 0 Å². The van der Waals surface area contributed by atoms with Gasteiger partial charge in [-0.05, 0) is 24.7 Å². The summed E-state index contributed by atoms with van der Waals surface area (Å²) in [6.07, 6.45) is 8.76. The van der Waals surface area contributed by atoms with E-state index in [4.69, 9.17) is 6.42 Å². The molecule has 0 aromatic heterocycles. The second-order valence-electron chi connectivity index (χ2n) is 2.72. The smallest absolute Gasteiger partial charge is 0.00887 e. The molecule has 0 N–H and O–H groups in total. The number of rotatable bonds is 2. The maximum absolute atomic E-state index is 5.10. The Bertz CT molecular complexity index is 108. The van der Waals surface area contributed by atoms with E-state index in [0.717, 1.165) is 18.3 Å². The Morgan fingerprint density at radius 1 is 1.75 bits per heavy atom. The molecule has 0 aromatic rings. The minimum Gasteiger partial charge on any atom is -0.120 e. The first-order valence-electron chi connectivity index (χ1n) is 3.28. The maximum Gasteiger partial charge on any atom is 0.00887 e. The van der Waals surface area contributed by atoms with Crippen molar-refractivity contribution in [2.45, 2.75) is 26.2 Å². The van der Waals surface area contributed by atoms with Crippen LogP contribution >= 0.6 is 0 Å². The van der Waals surface area contributed by atoms with Crippen LogP contribution < -0.4 is 0 Å². The highest BCUT2D eigenvalue weighted by molar-refractivity contribution is 4.89. The van der Waals surface area contributed by atoms with E-state index < -0.39 is 0 Å². The van der Waals surface area contributed by atoms with E-state index in [2.05, 4.69) is 12.8 Å². The molecular weight excluding hydrogens is 96.1 g/mol. The van der Waals surface area contributed by atoms with E-state index in [0.29, 0.717) is 0 Å². The lowest BCUT2D eigenvalue weighted by atomic mass is 10.2. The fourth-order valence-electron chi connectivity index (χ4n) is 1.07. The molecule has 0 unspecified atom stereocenters. The van der Waals surface area contributed by atoms with Gasteiger partial charge in [-0.1, -0.05) is 6.92 Å². The molecular formula is C8H12. The summed E-state index contributed by atoms with van der Waals surface area (Å²) in [6.45, 7) is 2.29. The molecule has 1 saturated carbocycles. The van der Waals surface area contributed by atoms with Crippen molar-refractivity contribution < 1.29 is 0 Å². The summed E-state index contributed by atoms with van der Waals surface area (Å²) >= 11 is 0. The zero-order chi connectivity index (χ0) is 5.98. The lowest BCUT2D eigenvalue weighted by molar-refractivity contribution is 0.691. The molecule has 0 bridgehead atoms. The van der Waals surface area contributed by atoms with E-state index in [1.807, 2.05) is 0 Å². The van der Waals surface area contributed by atoms with Gasteiger partial charge in [-0.15, -0.1) is 12.3 Å². The largest absolute Gasteiger partial charge is 0.120 e. The predicted molar refractivity (Wildman–Crippen MR) is 35.3 cm³/mol. The molecule has 0 aromatic carbocycles. The minimum atomic E-state index is 0.975. The fourth-order valence-corrected chi connectivity index (χ4v) is 1.07. The van der Waals surface area contributed by atoms with Crippen LogP contribution in [0.3, 0.4) is 0 Å². The van der Waals surface area contributed by atoms with Crippen molar-refractivity contribution in [1.29, 1.82) is 0 Å². The van der Waals surface area contributed by atoms with Crippen LogP contribution in [0.5, 0.6) is 0 Å². The summed E-state index contributed by atoms with van der Waals surface area (Å²) in [6, 6.07) is 0. The van der Waals surface area contributed by atoms with E-state index >= 15 is 0 Å². The third kappa shape index (κ3) is 1.26. The zero-order valence-corrected chi connectivity index (χ0v) is 5.35. The van der Waals surface area contributed by atoms with Gasteiger partial charge in [0.05, 0.1) is 0 Å². The number of hydrogen-bond donors (Lipinski definition) is 0. The molecule has 1 aliphatic rings. The minimum absolute atomic E-state index is 0.975. The zero-order valence-electron chi connectivity index (χ0n) is 5.35. The summed E-state index contributed by atoms with van der Waals surface area (Å²) in [7, 11) is 0. The topological polar surface area (TPSA) is 0 Å². The summed E-state index contributed by atoms with van der Waals surface area (Å²) in [5.41, 5.74) is 0. The molecule has 0 aliphatic heterocycles. The van der Waals surface area contributed by atoms with Crippen LogP contribution in [0.1, 0.15) is 26.2 Å². The third-order valence-corrected chi connectivity index (χ3v) is 1.94. The van der Waals surface area contributed by atoms with E-state index in [-0.39, 0.29) is 0 Å². The molecule has 8 heavy (non-hydrogen) atoms. The first kappa shape index (κ1) is 5.69. The molecule has 0 amide bonds. The highest BCUT2D eigenvalue weighted by atomic mass is 14.4. The molecule has 1 rings (SSSR count). The monoisotopic (exact) mass is 108 g/mol. The van der Waals surface area contributed by atoms with Gasteiger partial charge >= 0.3 is 0 Å². The second kappa shape index (κ2) is 2.22. The molecule has 1 aliphatic carbocycles. The molecule has 0 saturated heterocycles. The van der Waals surface area contributed by atoms with Gasteiger partial charge in [0.2, 0.25) is 0 Å². The molecule has 0 spiro atoms. The fraction of sp³-hybridized carbons (Fsp3) is 0.750. The molecule has 0 radical (unpaired) electrons. The van der Waals surface area contributed by atoms with Gasteiger partial charge in [0.1, 0.15) is 0 Å². The van der Waals surface area contributed by atoms with Crippen molar-refractivity contribution in [3.63, 3.8) is 0 Å². The van der Waals surface area contributed by atoms with Gasteiger partial charge in [-0.25, -0.2) is 0 Å². The first-order chi connectivity index (χ1) is 3.84. The van der Waals surface area contributed by atoms with Gasteiger partial charge in [-0.3, -0.25) is 0 Å². The van der Waals surface area contributed by atoms with E-state index in [1.165, 1.54) is 12.8 Å². The van der Waals surface area contributed by atoms with Crippen LogP contribution in [0.15, 0.2) is 0 Å². The summed E-state index contributed by atoms with van der Waals surface area (Å²) < 4.78 is 0. The standard InChI is InChI=1S/C8H12/c1-3-4-5-8-6-7(8)2/h1,7-8H,4-6H2,2H3/t7-,8-/m0/s1. The first-order valence-corrected chi connectivity index (χ1v) is 3.28. The van der Waals surface area contributed by atoms with Crippen molar-refractivity contribution in [2.24, 2.45) is 11.8 Å². The molecule has 0 heterocycles. The Morgan fingerprint density at radius 3 is 2.75 bits per heavy atom. The Kier molecular flexibility index (Phi) is 1.58. The van der Waals surface area contributed by atoms with Gasteiger partial charge < -0.3 is 0 Å². The van der Waals surface area contributed by atoms with Crippen LogP contribution in [-0.4, -0.2) is 0 Å². The number of terminal acetylenes is 1. The predicted octanol–water partition coefficient (Wildman–Crippen LogP) is 2.06. The SMILES string of the molecule is C#CCC[C@H]1C[C@@H]1C. The average molecular weight is 108 g/mol. The average Bonchev–Trinajstić information content (AvgIpc) is 2.42. The lowest BCUT2D eigenvalue weighted by Crippen LogP contribution is -1.75. The molecule has 0 heteroatoms. The summed E-state index contributed by atoms with van der Waals surface area (Å²) in [4.78, 5) is 0. The van der Waals surface area contributed by atoms with Gasteiger partial charge in [0.15, 0.2) is 0 Å². The van der Waals surface area contributed by atoms with E-state index in [1.54, 1.807) is 0 Å². The van der Waals surface area contributed by atoms with Gasteiger partial charge in [0.25, 0.3) is 0 Å². The van der Waals surface area contributed by atoms with E-state index in [9.17, 15) is 0 Å². The molecule has 1 fully saturated rings. The quantitative estimate of drug-likeness (QED) is 0.475. The van der Waals surface area contributed by atoms with Crippen LogP contribution in [-0.2, 0) is 0 Å². The Labute approximate surface area is 51.3 Å². The van der Waals surface area contributed by atoms with Gasteiger partial charge in [0, 0.05) is 6.42 Å². The third-order valence-electron chi connectivity index (χ3n) is 1.94. The number of hydrogen-bond acceptors (Lipinski definition) is 0. The molecule has 44 valence electrons. The Balaban J connectivity index is 1.99. The lowest BCUT2D eigenvalue weighted by Gasteiger charge is -1.86. The normalized spacial score (nSPS) is 34.0. The Morgan fingerprint density at radius 2 is 2.38 bits per heavy atom. The van der Waals surface area contributed by atoms with Crippen molar-refractivity contribution in [3.05, 3.63) is 0 Å².